The van der Waals surface area contributed by atoms with Gasteiger partial charge in [-0.1, -0.05) is 66.0 Å². The lowest BCUT2D eigenvalue weighted by Gasteiger charge is -2.33. The molecule has 0 radical (unpaired) electrons. The fourth-order valence-electron chi connectivity index (χ4n) is 4.16. The van der Waals surface area contributed by atoms with Gasteiger partial charge < -0.3 is 10.2 Å². The van der Waals surface area contributed by atoms with Gasteiger partial charge >= 0.3 is 6.18 Å². The number of anilines is 1. The minimum Gasteiger partial charge on any atom is -0.355 e. The molecule has 0 saturated heterocycles. The van der Waals surface area contributed by atoms with Gasteiger partial charge in [-0.25, -0.2) is 8.42 Å². The van der Waals surface area contributed by atoms with E-state index in [0.717, 1.165) is 11.0 Å². The van der Waals surface area contributed by atoms with Gasteiger partial charge in [0, 0.05) is 23.1 Å². The summed E-state index contributed by atoms with van der Waals surface area (Å²) in [6.45, 7) is 2.41. The van der Waals surface area contributed by atoms with Crippen molar-refractivity contribution in [1.82, 2.24) is 10.2 Å². The molecule has 2 amide bonds. The minimum atomic E-state index is -4.82. The van der Waals surface area contributed by atoms with Gasteiger partial charge in [0.05, 0.1) is 21.2 Å². The fourth-order valence-corrected chi connectivity index (χ4v) is 6.34. The summed E-state index contributed by atoms with van der Waals surface area (Å²) in [5.74, 6) is -1.39. The SMILES string of the molecule is CCNC(=O)[C@@H](CC)N(Cc1ccc(Cl)cc1Cl)C(=O)CN(c1cc(C(F)(F)F)ccc1Cl)S(=O)(=O)c1ccccc1. The monoisotopic (exact) mass is 663 g/mol. The maximum absolute atomic E-state index is 14.0. The fraction of sp³-hybridized carbons (Fsp3) is 0.286. The summed E-state index contributed by atoms with van der Waals surface area (Å²) in [4.78, 5) is 27.8. The Bertz CT molecular complexity index is 1540. The van der Waals surface area contributed by atoms with E-state index < -0.39 is 51.9 Å². The normalized spacial score (nSPS) is 12.5. The first-order chi connectivity index (χ1) is 19.7. The Hall–Kier alpha value is -2.99. The molecule has 3 aromatic rings. The summed E-state index contributed by atoms with van der Waals surface area (Å²) in [5, 5.41) is 2.84. The molecule has 1 N–H and O–H groups in total. The number of carbonyl (C=O) groups is 2. The van der Waals surface area contributed by atoms with Crippen LogP contribution < -0.4 is 9.62 Å². The summed E-state index contributed by atoms with van der Waals surface area (Å²) in [6.07, 6.45) is -4.69. The van der Waals surface area contributed by atoms with Crippen LogP contribution in [0.1, 0.15) is 31.4 Å². The maximum Gasteiger partial charge on any atom is 0.416 e. The van der Waals surface area contributed by atoms with Crippen molar-refractivity contribution in [3.05, 3.63) is 92.9 Å². The number of nitrogens with zero attached hydrogens (tertiary/aromatic N) is 2. The second-order valence-corrected chi connectivity index (χ2v) is 12.2. The van der Waals surface area contributed by atoms with Crippen LogP contribution in [0.5, 0.6) is 0 Å². The molecule has 0 spiro atoms. The Morgan fingerprint density at radius 2 is 1.60 bits per heavy atom. The van der Waals surface area contributed by atoms with E-state index in [0.29, 0.717) is 27.0 Å². The summed E-state index contributed by atoms with van der Waals surface area (Å²) >= 11 is 18.6. The van der Waals surface area contributed by atoms with Crippen LogP contribution in [0.3, 0.4) is 0 Å². The number of alkyl halides is 3. The molecule has 0 aliphatic carbocycles. The number of halogens is 6. The van der Waals surface area contributed by atoms with Gasteiger partial charge in [-0.2, -0.15) is 13.2 Å². The van der Waals surface area contributed by atoms with Crippen molar-refractivity contribution in [2.45, 2.75) is 43.9 Å². The van der Waals surface area contributed by atoms with E-state index in [1.807, 2.05) is 0 Å². The molecule has 0 aliphatic heterocycles. The summed E-state index contributed by atoms with van der Waals surface area (Å²) < 4.78 is 69.1. The molecule has 14 heteroatoms. The zero-order valence-electron chi connectivity index (χ0n) is 22.5. The zero-order valence-corrected chi connectivity index (χ0v) is 25.5. The summed E-state index contributed by atoms with van der Waals surface area (Å²) in [6, 6.07) is 12.5. The average molecular weight is 665 g/mol. The number of nitrogens with one attached hydrogen (secondary N) is 1. The van der Waals surface area contributed by atoms with Gasteiger partial charge in [0.15, 0.2) is 0 Å². The van der Waals surface area contributed by atoms with Crippen LogP contribution in [0.2, 0.25) is 15.1 Å². The molecule has 1 atom stereocenters. The van der Waals surface area contributed by atoms with Crippen LogP contribution in [0, 0.1) is 0 Å². The predicted octanol–water partition coefficient (Wildman–Crippen LogP) is 6.80. The Kier molecular flexibility index (Phi) is 11.2. The Labute approximate surface area is 257 Å². The molecule has 0 bridgehead atoms. The molecule has 0 unspecified atom stereocenters. The third kappa shape index (κ3) is 7.89. The van der Waals surface area contributed by atoms with Crippen molar-refractivity contribution in [3.63, 3.8) is 0 Å². The summed E-state index contributed by atoms with van der Waals surface area (Å²) in [7, 11) is -4.63. The van der Waals surface area contributed by atoms with Gasteiger partial charge in [-0.15, -0.1) is 0 Å². The lowest BCUT2D eigenvalue weighted by molar-refractivity contribution is -0.140. The highest BCUT2D eigenvalue weighted by atomic mass is 35.5. The van der Waals surface area contributed by atoms with Crippen LogP contribution in [0.15, 0.2) is 71.6 Å². The predicted molar refractivity (Wildman–Crippen MR) is 157 cm³/mol. The second-order valence-electron chi connectivity index (χ2n) is 9.06. The Balaban J connectivity index is 2.17. The van der Waals surface area contributed by atoms with Gasteiger partial charge in [0.25, 0.3) is 10.0 Å². The lowest BCUT2D eigenvalue weighted by Crippen LogP contribution is -2.52. The Morgan fingerprint density at radius 1 is 0.929 bits per heavy atom. The third-order valence-electron chi connectivity index (χ3n) is 6.24. The highest BCUT2D eigenvalue weighted by molar-refractivity contribution is 7.92. The summed E-state index contributed by atoms with van der Waals surface area (Å²) in [5.41, 5.74) is -1.31. The zero-order chi connectivity index (χ0) is 31.2. The van der Waals surface area contributed by atoms with E-state index in [2.05, 4.69) is 5.32 Å². The largest absolute Gasteiger partial charge is 0.416 e. The van der Waals surface area contributed by atoms with E-state index in [4.69, 9.17) is 34.8 Å². The smallest absolute Gasteiger partial charge is 0.355 e. The molecule has 0 saturated carbocycles. The third-order valence-corrected chi connectivity index (χ3v) is 8.93. The highest BCUT2D eigenvalue weighted by Crippen LogP contribution is 2.37. The van der Waals surface area contributed by atoms with Gasteiger partial charge in [-0.3, -0.25) is 13.9 Å². The first-order valence-corrected chi connectivity index (χ1v) is 15.2. The van der Waals surface area contributed by atoms with E-state index >= 15 is 0 Å². The van der Waals surface area contributed by atoms with Crippen LogP contribution in [-0.2, 0) is 32.3 Å². The Morgan fingerprint density at radius 3 is 2.17 bits per heavy atom. The topological polar surface area (TPSA) is 86.8 Å². The van der Waals surface area contributed by atoms with E-state index in [1.165, 1.54) is 36.4 Å². The average Bonchev–Trinajstić information content (AvgIpc) is 2.93. The molecule has 0 heterocycles. The standard InChI is InChI=1S/C28H27Cl3F3N3O4S/c1-3-24(27(39)35-4-2)36(16-18-10-12-20(29)15-23(18)31)26(38)17-37(42(40,41)21-8-6-5-7-9-21)25-14-19(28(32,33)34)11-13-22(25)30/h5-15,24H,3-4,16-17H2,1-2H3,(H,35,39)/t24-/m1/s1. The van der Waals surface area contributed by atoms with E-state index in [-0.39, 0.29) is 34.5 Å². The van der Waals surface area contributed by atoms with Crippen LogP contribution in [0.4, 0.5) is 18.9 Å². The molecule has 0 fully saturated rings. The molecular formula is C28H27Cl3F3N3O4S. The number of hydrogen-bond donors (Lipinski definition) is 1. The lowest BCUT2D eigenvalue weighted by atomic mass is 10.1. The van der Waals surface area contributed by atoms with Crippen LogP contribution >= 0.6 is 34.8 Å². The number of sulfonamides is 1. The number of amides is 2. The molecule has 226 valence electrons. The molecule has 0 aliphatic rings. The van der Waals surface area contributed by atoms with Crippen molar-refractivity contribution in [2.24, 2.45) is 0 Å². The van der Waals surface area contributed by atoms with Crippen LogP contribution in [0.25, 0.3) is 0 Å². The molecular weight excluding hydrogens is 638 g/mol. The first kappa shape index (κ1) is 33.5. The highest BCUT2D eigenvalue weighted by Gasteiger charge is 2.37. The minimum absolute atomic E-state index is 0.137. The number of hydrogen-bond acceptors (Lipinski definition) is 4. The van der Waals surface area contributed by atoms with E-state index in [1.54, 1.807) is 26.0 Å². The van der Waals surface area contributed by atoms with Gasteiger partial charge in [-0.05, 0) is 61.4 Å². The second kappa shape index (κ2) is 14.0. The number of benzene rings is 3. The molecule has 7 nitrogen and oxygen atoms in total. The molecule has 3 rings (SSSR count). The number of rotatable bonds is 11. The molecule has 3 aromatic carbocycles. The van der Waals surface area contributed by atoms with Crippen molar-refractivity contribution in [1.29, 1.82) is 0 Å². The maximum atomic E-state index is 14.0. The molecule has 0 aromatic heterocycles. The molecule has 42 heavy (non-hydrogen) atoms. The van der Waals surface area contributed by atoms with Crippen molar-refractivity contribution < 1.29 is 31.2 Å². The first-order valence-electron chi connectivity index (χ1n) is 12.7. The quantitative estimate of drug-likeness (QED) is 0.244. The van der Waals surface area contributed by atoms with E-state index in [9.17, 15) is 31.2 Å². The van der Waals surface area contributed by atoms with Gasteiger partial charge in [0.2, 0.25) is 11.8 Å². The van der Waals surface area contributed by atoms with Crippen molar-refractivity contribution >= 4 is 62.3 Å². The van der Waals surface area contributed by atoms with Crippen LogP contribution in [-0.4, -0.2) is 44.3 Å². The number of likely N-dealkylation sites (N-methyl/N-ethyl adjacent to an activating group) is 1. The van der Waals surface area contributed by atoms with Crippen molar-refractivity contribution in [2.75, 3.05) is 17.4 Å². The number of carbonyl (C=O) groups excluding carboxylic acids is 2. The van der Waals surface area contributed by atoms with Gasteiger partial charge in [0.1, 0.15) is 12.6 Å². The van der Waals surface area contributed by atoms with Crippen molar-refractivity contribution in [3.8, 4) is 0 Å².